The molecule has 2 aromatic rings. The predicted octanol–water partition coefficient (Wildman–Crippen LogP) is 3.82. The van der Waals surface area contributed by atoms with Crippen molar-refractivity contribution in [2.45, 2.75) is 25.9 Å². The lowest BCUT2D eigenvalue weighted by Crippen LogP contribution is -2.14. The normalized spacial score (nSPS) is 11.5. The maximum absolute atomic E-state index is 13.2. The first-order valence-corrected chi connectivity index (χ1v) is 6.80. The molecule has 0 atom stereocenters. The maximum Gasteiger partial charge on any atom is 0.416 e. The Morgan fingerprint density at radius 3 is 2.59 bits per heavy atom. The highest BCUT2D eigenvalue weighted by Crippen LogP contribution is 2.35. The molecule has 116 valence electrons. The fourth-order valence-corrected chi connectivity index (χ4v) is 2.31. The summed E-state index contributed by atoms with van der Waals surface area (Å²) in [5.74, 6) is -0.728. The van der Waals surface area contributed by atoms with Gasteiger partial charge in [-0.05, 0) is 30.2 Å². The van der Waals surface area contributed by atoms with E-state index in [1.807, 2.05) is 6.92 Å². The molecule has 0 spiro atoms. The molecule has 0 saturated heterocycles. The SMILES string of the molecule is CCCc1ccc(-c2ncccc2C(N)=O)cc1C(F)(F)F. The molecule has 2 N–H and O–H groups in total. The van der Waals surface area contributed by atoms with Gasteiger partial charge in [0.25, 0.3) is 5.91 Å². The summed E-state index contributed by atoms with van der Waals surface area (Å²) in [5, 5.41) is 0. The zero-order chi connectivity index (χ0) is 16.3. The van der Waals surface area contributed by atoms with Crippen molar-refractivity contribution in [3.8, 4) is 11.3 Å². The second kappa shape index (κ2) is 6.17. The van der Waals surface area contributed by atoms with Gasteiger partial charge in [0.2, 0.25) is 0 Å². The number of pyridine rings is 1. The van der Waals surface area contributed by atoms with E-state index in [9.17, 15) is 18.0 Å². The molecule has 0 saturated carbocycles. The highest BCUT2D eigenvalue weighted by molar-refractivity contribution is 5.98. The van der Waals surface area contributed by atoms with Gasteiger partial charge in [-0.2, -0.15) is 13.2 Å². The number of carbonyl (C=O) groups is 1. The second-order valence-corrected chi connectivity index (χ2v) is 4.88. The number of nitrogens with zero attached hydrogens (tertiary/aromatic N) is 1. The summed E-state index contributed by atoms with van der Waals surface area (Å²) in [7, 11) is 0. The van der Waals surface area contributed by atoms with Crippen molar-refractivity contribution in [1.29, 1.82) is 0 Å². The van der Waals surface area contributed by atoms with Crippen molar-refractivity contribution < 1.29 is 18.0 Å². The van der Waals surface area contributed by atoms with Crippen molar-refractivity contribution in [3.63, 3.8) is 0 Å². The molecule has 1 aromatic carbocycles. The molecule has 0 unspecified atom stereocenters. The fourth-order valence-electron chi connectivity index (χ4n) is 2.31. The van der Waals surface area contributed by atoms with Crippen molar-refractivity contribution in [3.05, 3.63) is 53.2 Å². The zero-order valence-corrected chi connectivity index (χ0v) is 11.9. The number of nitrogens with two attached hydrogens (primary N) is 1. The third kappa shape index (κ3) is 3.27. The molecule has 3 nitrogen and oxygen atoms in total. The van der Waals surface area contributed by atoms with Gasteiger partial charge in [-0.15, -0.1) is 0 Å². The van der Waals surface area contributed by atoms with Gasteiger partial charge in [-0.1, -0.05) is 25.5 Å². The number of aryl methyl sites for hydroxylation is 1. The van der Waals surface area contributed by atoms with Crippen LogP contribution in [0.5, 0.6) is 0 Å². The average Bonchev–Trinajstić information content (AvgIpc) is 2.47. The number of primary amides is 1. The van der Waals surface area contributed by atoms with Crippen LogP contribution < -0.4 is 5.73 Å². The Kier molecular flexibility index (Phi) is 4.49. The van der Waals surface area contributed by atoms with E-state index in [0.29, 0.717) is 12.8 Å². The Morgan fingerprint density at radius 2 is 2.00 bits per heavy atom. The van der Waals surface area contributed by atoms with E-state index in [-0.39, 0.29) is 22.4 Å². The first-order valence-electron chi connectivity index (χ1n) is 6.80. The van der Waals surface area contributed by atoms with Crippen LogP contribution in [0.2, 0.25) is 0 Å². The predicted molar refractivity (Wildman–Crippen MR) is 77.2 cm³/mol. The number of aromatic nitrogens is 1. The first-order chi connectivity index (χ1) is 10.3. The molecule has 0 aliphatic heterocycles. The van der Waals surface area contributed by atoms with Crippen molar-refractivity contribution in [2.24, 2.45) is 5.73 Å². The standard InChI is InChI=1S/C16H15F3N2O/c1-2-4-10-6-7-11(9-13(10)16(17,18)19)14-12(15(20)22)5-3-8-21-14/h3,5-9H,2,4H2,1H3,(H2,20,22). The van der Waals surface area contributed by atoms with Gasteiger partial charge in [0.1, 0.15) is 0 Å². The molecule has 0 aliphatic rings. The lowest BCUT2D eigenvalue weighted by atomic mass is 9.97. The van der Waals surface area contributed by atoms with Gasteiger partial charge in [0.15, 0.2) is 0 Å². The van der Waals surface area contributed by atoms with E-state index in [0.717, 1.165) is 6.07 Å². The van der Waals surface area contributed by atoms with Crippen molar-refractivity contribution in [1.82, 2.24) is 4.98 Å². The van der Waals surface area contributed by atoms with Crippen molar-refractivity contribution in [2.75, 3.05) is 0 Å². The molecule has 1 heterocycles. The molecule has 0 fully saturated rings. The molecule has 0 bridgehead atoms. The molecule has 6 heteroatoms. The third-order valence-electron chi connectivity index (χ3n) is 3.28. The van der Waals surface area contributed by atoms with Crippen LogP contribution >= 0.6 is 0 Å². The smallest absolute Gasteiger partial charge is 0.366 e. The number of alkyl halides is 3. The van der Waals surface area contributed by atoms with Crippen molar-refractivity contribution >= 4 is 5.91 Å². The fraction of sp³-hybridized carbons (Fsp3) is 0.250. The van der Waals surface area contributed by atoms with Gasteiger partial charge < -0.3 is 5.73 Å². The number of halogens is 3. The Balaban J connectivity index is 2.61. The third-order valence-corrected chi connectivity index (χ3v) is 3.28. The summed E-state index contributed by atoms with van der Waals surface area (Å²) in [6.07, 6.45) is -2.10. The van der Waals surface area contributed by atoms with Gasteiger partial charge in [0.05, 0.1) is 16.8 Å². The summed E-state index contributed by atoms with van der Waals surface area (Å²) >= 11 is 0. The second-order valence-electron chi connectivity index (χ2n) is 4.88. The van der Waals surface area contributed by atoms with Gasteiger partial charge in [-0.25, -0.2) is 0 Å². The minimum absolute atomic E-state index is 0.0962. The quantitative estimate of drug-likeness (QED) is 0.933. The monoisotopic (exact) mass is 308 g/mol. The van der Waals surface area contributed by atoms with E-state index in [1.54, 1.807) is 0 Å². The highest BCUT2D eigenvalue weighted by Gasteiger charge is 2.33. The number of hydrogen-bond donors (Lipinski definition) is 1. The van der Waals surface area contributed by atoms with Crippen LogP contribution in [0.25, 0.3) is 11.3 Å². The summed E-state index contributed by atoms with van der Waals surface area (Å²) in [6, 6.07) is 6.95. The Bertz CT molecular complexity index is 696. The number of amides is 1. The van der Waals surface area contributed by atoms with Crippen LogP contribution in [0.3, 0.4) is 0 Å². The average molecular weight is 308 g/mol. The first kappa shape index (κ1) is 16.0. The number of rotatable bonds is 4. The van der Waals surface area contributed by atoms with E-state index in [2.05, 4.69) is 4.98 Å². The summed E-state index contributed by atoms with van der Waals surface area (Å²) < 4.78 is 39.6. The van der Waals surface area contributed by atoms with E-state index in [1.165, 1.54) is 30.5 Å². The molecule has 2 rings (SSSR count). The lowest BCUT2D eigenvalue weighted by Gasteiger charge is -2.15. The Hall–Kier alpha value is -2.37. The van der Waals surface area contributed by atoms with Gasteiger partial charge in [0, 0.05) is 11.8 Å². The molecular weight excluding hydrogens is 293 g/mol. The summed E-state index contributed by atoms with van der Waals surface area (Å²) in [5.41, 5.74) is 5.26. The highest BCUT2D eigenvalue weighted by atomic mass is 19.4. The zero-order valence-electron chi connectivity index (χ0n) is 11.9. The molecule has 0 aliphatic carbocycles. The Labute approximate surface area is 126 Å². The lowest BCUT2D eigenvalue weighted by molar-refractivity contribution is -0.138. The van der Waals surface area contributed by atoms with Crippen LogP contribution in [-0.4, -0.2) is 10.9 Å². The minimum atomic E-state index is -4.46. The van der Waals surface area contributed by atoms with E-state index >= 15 is 0 Å². The molecule has 0 radical (unpaired) electrons. The van der Waals surface area contributed by atoms with Gasteiger partial charge >= 0.3 is 6.18 Å². The molecular formula is C16H15F3N2O. The summed E-state index contributed by atoms with van der Waals surface area (Å²) in [4.78, 5) is 15.4. The van der Waals surface area contributed by atoms with Gasteiger partial charge in [-0.3, -0.25) is 9.78 Å². The summed E-state index contributed by atoms with van der Waals surface area (Å²) in [6.45, 7) is 1.82. The van der Waals surface area contributed by atoms with E-state index in [4.69, 9.17) is 5.73 Å². The van der Waals surface area contributed by atoms with Crippen LogP contribution in [0.15, 0.2) is 36.5 Å². The maximum atomic E-state index is 13.2. The van der Waals surface area contributed by atoms with E-state index < -0.39 is 17.6 Å². The Morgan fingerprint density at radius 1 is 1.27 bits per heavy atom. The molecule has 1 amide bonds. The van der Waals surface area contributed by atoms with Crippen LogP contribution in [0, 0.1) is 0 Å². The van der Waals surface area contributed by atoms with Crippen LogP contribution in [0.4, 0.5) is 13.2 Å². The minimum Gasteiger partial charge on any atom is -0.366 e. The van der Waals surface area contributed by atoms with Crippen LogP contribution in [-0.2, 0) is 12.6 Å². The number of hydrogen-bond acceptors (Lipinski definition) is 2. The van der Waals surface area contributed by atoms with Crippen LogP contribution in [0.1, 0.15) is 34.8 Å². The topological polar surface area (TPSA) is 56.0 Å². The molecule has 1 aromatic heterocycles. The number of benzene rings is 1. The molecule has 22 heavy (non-hydrogen) atoms. The largest absolute Gasteiger partial charge is 0.416 e. The number of carbonyl (C=O) groups excluding carboxylic acids is 1.